The summed E-state index contributed by atoms with van der Waals surface area (Å²) in [6.07, 6.45) is 3.34. The predicted molar refractivity (Wildman–Crippen MR) is 163 cm³/mol. The number of fused-ring (bicyclic) bond motifs is 1. The van der Waals surface area contributed by atoms with E-state index in [1.54, 1.807) is 23.1 Å². The second kappa shape index (κ2) is 12.0. The summed E-state index contributed by atoms with van der Waals surface area (Å²) < 4.78 is 16.3. The standard InChI is InChI=1S/C33H28FN5O2S/c1-22-10-12-27(13-11-22)39-33-30(31(37-39)24-6-3-2-4-7-24)32(25-8-5-9-26(34)18-25)42-21-29(41)38(33)20-28(40)36-19-23-14-16-35-17-15-23/h2-18,32H,19-21H2,1H3,(H,36,40)/t32-/m0/s1. The average molecular weight is 578 g/mol. The van der Waals surface area contributed by atoms with E-state index in [2.05, 4.69) is 10.3 Å². The van der Waals surface area contributed by atoms with Crippen LogP contribution in [0.4, 0.5) is 10.2 Å². The van der Waals surface area contributed by atoms with Crippen molar-refractivity contribution in [1.82, 2.24) is 20.1 Å². The molecule has 0 radical (unpaired) electrons. The Morgan fingerprint density at radius 1 is 1.00 bits per heavy atom. The molecule has 2 amide bonds. The van der Waals surface area contributed by atoms with Crippen LogP contribution >= 0.6 is 11.8 Å². The zero-order valence-corrected chi connectivity index (χ0v) is 23.7. The van der Waals surface area contributed by atoms with Gasteiger partial charge in [-0.15, -0.1) is 11.8 Å². The number of rotatable bonds is 7. The fourth-order valence-electron chi connectivity index (χ4n) is 5.03. The van der Waals surface area contributed by atoms with E-state index in [0.29, 0.717) is 18.1 Å². The lowest BCUT2D eigenvalue weighted by molar-refractivity contribution is -0.123. The number of aromatic nitrogens is 3. The molecule has 2 aromatic heterocycles. The summed E-state index contributed by atoms with van der Waals surface area (Å²) in [5, 5.41) is 7.59. The molecular formula is C33H28FN5O2S. The Hall–Kier alpha value is -4.76. The molecule has 6 rings (SSSR count). The maximum absolute atomic E-state index is 14.5. The number of nitrogens with zero attached hydrogens (tertiary/aromatic N) is 4. The van der Waals surface area contributed by atoms with Gasteiger partial charge in [0.1, 0.15) is 18.2 Å². The van der Waals surface area contributed by atoms with Crippen LogP contribution in [-0.4, -0.2) is 38.9 Å². The zero-order valence-electron chi connectivity index (χ0n) is 22.9. The highest BCUT2D eigenvalue weighted by Gasteiger charge is 2.37. The lowest BCUT2D eigenvalue weighted by Crippen LogP contribution is -2.42. The minimum absolute atomic E-state index is 0.107. The summed E-state index contributed by atoms with van der Waals surface area (Å²) in [7, 11) is 0. The zero-order chi connectivity index (χ0) is 29.1. The Morgan fingerprint density at radius 3 is 2.50 bits per heavy atom. The maximum atomic E-state index is 14.5. The van der Waals surface area contributed by atoms with Gasteiger partial charge in [-0.3, -0.25) is 19.5 Å². The van der Waals surface area contributed by atoms with Crippen molar-refractivity contribution in [1.29, 1.82) is 0 Å². The molecule has 1 atom stereocenters. The van der Waals surface area contributed by atoms with Gasteiger partial charge in [0.25, 0.3) is 0 Å². The van der Waals surface area contributed by atoms with Gasteiger partial charge in [-0.2, -0.15) is 5.10 Å². The smallest absolute Gasteiger partial charge is 0.240 e. The summed E-state index contributed by atoms with van der Waals surface area (Å²) >= 11 is 1.41. The van der Waals surface area contributed by atoms with Crippen LogP contribution in [0.2, 0.25) is 0 Å². The molecule has 0 fully saturated rings. The molecule has 0 unspecified atom stereocenters. The monoisotopic (exact) mass is 577 g/mol. The van der Waals surface area contributed by atoms with Gasteiger partial charge in [-0.05, 0) is 54.4 Å². The van der Waals surface area contributed by atoms with Crippen molar-refractivity contribution in [2.75, 3.05) is 17.2 Å². The number of benzene rings is 3. The number of pyridine rings is 1. The number of aryl methyl sites for hydroxylation is 1. The van der Waals surface area contributed by atoms with Gasteiger partial charge >= 0.3 is 0 Å². The molecule has 1 aliphatic rings. The normalized spacial score (nSPS) is 14.8. The number of halogens is 1. The number of amides is 2. The molecule has 42 heavy (non-hydrogen) atoms. The van der Waals surface area contributed by atoms with Gasteiger partial charge in [-0.25, -0.2) is 9.07 Å². The molecule has 0 spiro atoms. The summed E-state index contributed by atoms with van der Waals surface area (Å²) in [4.78, 5) is 32.7. The average Bonchev–Trinajstić information content (AvgIpc) is 3.33. The molecule has 0 bridgehead atoms. The van der Waals surface area contributed by atoms with Crippen molar-refractivity contribution >= 4 is 29.4 Å². The van der Waals surface area contributed by atoms with Gasteiger partial charge in [0.2, 0.25) is 11.8 Å². The van der Waals surface area contributed by atoms with Gasteiger partial charge in [0.05, 0.1) is 22.4 Å². The van der Waals surface area contributed by atoms with Gasteiger partial charge in [-0.1, -0.05) is 60.2 Å². The highest BCUT2D eigenvalue weighted by Crippen LogP contribution is 2.48. The molecule has 1 aliphatic heterocycles. The van der Waals surface area contributed by atoms with Crippen LogP contribution in [0, 0.1) is 12.7 Å². The quantitative estimate of drug-likeness (QED) is 0.262. The van der Waals surface area contributed by atoms with Crippen LogP contribution in [0.3, 0.4) is 0 Å². The maximum Gasteiger partial charge on any atom is 0.240 e. The van der Waals surface area contributed by atoms with Crippen LogP contribution in [0.1, 0.15) is 27.5 Å². The van der Waals surface area contributed by atoms with Crippen LogP contribution in [0.25, 0.3) is 16.9 Å². The summed E-state index contributed by atoms with van der Waals surface area (Å²) in [6, 6.07) is 27.7. The third kappa shape index (κ3) is 5.69. The molecule has 1 N–H and O–H groups in total. The van der Waals surface area contributed by atoms with E-state index in [9.17, 15) is 14.0 Å². The molecule has 5 aromatic rings. The lowest BCUT2D eigenvalue weighted by atomic mass is 9.99. The van der Waals surface area contributed by atoms with Crippen molar-refractivity contribution in [3.63, 3.8) is 0 Å². The largest absolute Gasteiger partial charge is 0.350 e. The third-order valence-electron chi connectivity index (χ3n) is 7.11. The number of thioether (sulfide) groups is 1. The highest BCUT2D eigenvalue weighted by molar-refractivity contribution is 8.00. The Kier molecular flexibility index (Phi) is 7.83. The Balaban J connectivity index is 1.52. The predicted octanol–water partition coefficient (Wildman–Crippen LogP) is 5.87. The molecule has 0 saturated heterocycles. The number of hydrogen-bond acceptors (Lipinski definition) is 5. The van der Waals surface area contributed by atoms with E-state index in [1.165, 1.54) is 28.8 Å². The van der Waals surface area contributed by atoms with E-state index in [4.69, 9.17) is 5.10 Å². The first-order valence-electron chi connectivity index (χ1n) is 13.6. The van der Waals surface area contributed by atoms with Crippen LogP contribution in [0.15, 0.2) is 103 Å². The van der Waals surface area contributed by atoms with Gasteiger partial charge < -0.3 is 5.32 Å². The van der Waals surface area contributed by atoms with E-state index >= 15 is 0 Å². The Bertz CT molecular complexity index is 1730. The second-order valence-electron chi connectivity index (χ2n) is 10.1. The summed E-state index contributed by atoms with van der Waals surface area (Å²) in [5.74, 6) is -0.286. The molecule has 0 saturated carbocycles. The van der Waals surface area contributed by atoms with Gasteiger partial charge in [0.15, 0.2) is 0 Å². The summed E-state index contributed by atoms with van der Waals surface area (Å²) in [6.45, 7) is 2.12. The number of anilines is 1. The third-order valence-corrected chi connectivity index (χ3v) is 8.36. The van der Waals surface area contributed by atoms with Crippen LogP contribution < -0.4 is 10.2 Å². The first-order chi connectivity index (χ1) is 20.5. The lowest BCUT2D eigenvalue weighted by Gasteiger charge is -2.23. The van der Waals surface area contributed by atoms with E-state index in [0.717, 1.165) is 33.5 Å². The highest BCUT2D eigenvalue weighted by atomic mass is 32.2. The Morgan fingerprint density at radius 2 is 1.76 bits per heavy atom. The molecule has 210 valence electrons. The van der Waals surface area contributed by atoms with Gasteiger partial charge in [0, 0.05) is 30.1 Å². The molecule has 9 heteroatoms. The molecular weight excluding hydrogens is 549 g/mol. The number of hydrogen-bond donors (Lipinski definition) is 1. The van der Waals surface area contributed by atoms with Crippen molar-refractivity contribution in [3.05, 3.63) is 131 Å². The van der Waals surface area contributed by atoms with Crippen molar-refractivity contribution in [2.45, 2.75) is 18.7 Å². The summed E-state index contributed by atoms with van der Waals surface area (Å²) in [5.41, 5.74) is 5.74. The van der Waals surface area contributed by atoms with Crippen molar-refractivity contribution in [3.8, 4) is 16.9 Å². The molecule has 0 aliphatic carbocycles. The van der Waals surface area contributed by atoms with E-state index in [1.807, 2.05) is 79.7 Å². The number of nitrogens with one attached hydrogen (secondary N) is 1. The minimum atomic E-state index is -0.404. The van der Waals surface area contributed by atoms with Crippen molar-refractivity contribution < 1.29 is 14.0 Å². The van der Waals surface area contributed by atoms with Crippen molar-refractivity contribution in [2.24, 2.45) is 0 Å². The topological polar surface area (TPSA) is 80.1 Å². The number of carbonyl (C=O) groups is 2. The van der Waals surface area contributed by atoms with Crippen LogP contribution in [-0.2, 0) is 16.1 Å². The first-order valence-corrected chi connectivity index (χ1v) is 14.6. The second-order valence-corrected chi connectivity index (χ2v) is 11.2. The fraction of sp³-hybridized carbons (Fsp3) is 0.152. The molecule has 7 nitrogen and oxygen atoms in total. The fourth-order valence-corrected chi connectivity index (χ4v) is 6.22. The first kappa shape index (κ1) is 27.4. The number of carbonyl (C=O) groups excluding carboxylic acids is 2. The minimum Gasteiger partial charge on any atom is -0.350 e. The Labute approximate surface area is 247 Å². The SMILES string of the molecule is Cc1ccc(-n2nc(-c3ccccc3)c3c2N(CC(=O)NCc2ccncc2)C(=O)CS[C@H]3c2cccc(F)c2)cc1. The van der Waals surface area contributed by atoms with E-state index in [-0.39, 0.29) is 29.9 Å². The van der Waals surface area contributed by atoms with Crippen LogP contribution in [0.5, 0.6) is 0 Å². The van der Waals surface area contributed by atoms with E-state index < -0.39 is 5.25 Å². The molecule has 3 heterocycles. The molecule has 3 aromatic carbocycles.